The van der Waals surface area contributed by atoms with E-state index in [9.17, 15) is 0 Å². The van der Waals surface area contributed by atoms with E-state index < -0.39 is 0 Å². The van der Waals surface area contributed by atoms with Crippen molar-refractivity contribution in [3.8, 4) is 0 Å². The highest BCUT2D eigenvalue weighted by Crippen LogP contribution is 2.17. The average molecular weight is 185 g/mol. The summed E-state index contributed by atoms with van der Waals surface area (Å²) in [7, 11) is 3.76. The van der Waals surface area contributed by atoms with Gasteiger partial charge in [0.05, 0.1) is 5.60 Å². The maximum Gasteiger partial charge on any atom is 0.0637 e. The Balaban J connectivity index is 3.88. The van der Waals surface area contributed by atoms with E-state index in [-0.39, 0.29) is 5.60 Å². The zero-order valence-corrected chi connectivity index (χ0v) is 9.39. The molecule has 0 aromatic carbocycles. The summed E-state index contributed by atoms with van der Waals surface area (Å²) in [6.45, 7) is 7.96. The second kappa shape index (κ2) is 6.17. The molecule has 0 spiro atoms. The van der Waals surface area contributed by atoms with E-state index in [0.717, 1.165) is 19.3 Å². The highest BCUT2D eigenvalue weighted by atomic mass is 16.5. The zero-order valence-electron chi connectivity index (χ0n) is 9.39. The molecule has 0 amide bonds. The summed E-state index contributed by atoms with van der Waals surface area (Å²) in [4.78, 5) is 0. The minimum absolute atomic E-state index is 0.0329. The molecule has 1 N–H and O–H groups in total. The first-order chi connectivity index (χ1) is 6.05. The molecule has 78 valence electrons. The molecule has 1 unspecified atom stereocenters. The van der Waals surface area contributed by atoms with Gasteiger partial charge < -0.3 is 10.1 Å². The van der Waals surface area contributed by atoms with Gasteiger partial charge in [0.1, 0.15) is 0 Å². The molecular formula is C11H23NO. The van der Waals surface area contributed by atoms with Crippen molar-refractivity contribution < 1.29 is 4.74 Å². The topological polar surface area (TPSA) is 21.3 Å². The molecule has 0 heterocycles. The Kier molecular flexibility index (Phi) is 6.00. The van der Waals surface area contributed by atoms with Gasteiger partial charge in [-0.2, -0.15) is 0 Å². The Labute approximate surface area is 82.4 Å². The maximum atomic E-state index is 5.38. The van der Waals surface area contributed by atoms with Gasteiger partial charge in [-0.3, -0.25) is 0 Å². The Morgan fingerprint density at radius 1 is 1.54 bits per heavy atom. The molecule has 0 aliphatic heterocycles. The molecule has 0 radical (unpaired) electrons. The first kappa shape index (κ1) is 12.7. The number of hydrogen-bond donors (Lipinski definition) is 1. The lowest BCUT2D eigenvalue weighted by molar-refractivity contribution is 0.00709. The van der Waals surface area contributed by atoms with Gasteiger partial charge in [-0.25, -0.2) is 0 Å². The van der Waals surface area contributed by atoms with E-state index in [1.165, 1.54) is 0 Å². The molecule has 0 aromatic heterocycles. The van der Waals surface area contributed by atoms with Crippen LogP contribution in [-0.2, 0) is 4.74 Å². The van der Waals surface area contributed by atoms with Gasteiger partial charge in [0.15, 0.2) is 0 Å². The second-order valence-corrected chi connectivity index (χ2v) is 4.02. The predicted molar refractivity (Wildman–Crippen MR) is 58.0 cm³/mol. The van der Waals surface area contributed by atoms with Crippen molar-refractivity contribution in [1.29, 1.82) is 0 Å². The summed E-state index contributed by atoms with van der Waals surface area (Å²) >= 11 is 0. The molecular weight excluding hydrogens is 162 g/mol. The van der Waals surface area contributed by atoms with Crippen LogP contribution in [0.15, 0.2) is 12.7 Å². The molecule has 0 aromatic rings. The molecule has 13 heavy (non-hydrogen) atoms. The monoisotopic (exact) mass is 185 g/mol. The number of allylic oxidation sites excluding steroid dienone is 1. The largest absolute Gasteiger partial charge is 0.379 e. The summed E-state index contributed by atoms with van der Waals surface area (Å²) in [6.07, 6.45) is 5.19. The molecule has 0 bridgehead atoms. The summed E-state index contributed by atoms with van der Waals surface area (Å²) in [6, 6.07) is 0.521. The molecule has 0 fully saturated rings. The first-order valence-corrected chi connectivity index (χ1v) is 4.89. The van der Waals surface area contributed by atoms with Gasteiger partial charge >= 0.3 is 0 Å². The van der Waals surface area contributed by atoms with Gasteiger partial charge in [0.25, 0.3) is 0 Å². The quantitative estimate of drug-likeness (QED) is 0.615. The van der Waals surface area contributed by atoms with Crippen LogP contribution in [0, 0.1) is 0 Å². The van der Waals surface area contributed by atoms with Gasteiger partial charge in [-0.15, -0.1) is 6.58 Å². The molecule has 0 rings (SSSR count). The fourth-order valence-corrected chi connectivity index (χ4v) is 1.34. The molecule has 2 nitrogen and oxygen atoms in total. The van der Waals surface area contributed by atoms with Crippen molar-refractivity contribution in [3.63, 3.8) is 0 Å². The number of rotatable bonds is 7. The highest BCUT2D eigenvalue weighted by molar-refractivity contribution is 4.80. The van der Waals surface area contributed by atoms with Crippen LogP contribution in [0.1, 0.15) is 33.1 Å². The van der Waals surface area contributed by atoms with Crippen LogP contribution in [0.3, 0.4) is 0 Å². The normalized spacial score (nSPS) is 14.2. The predicted octanol–water partition coefficient (Wildman–Crippen LogP) is 2.36. The number of ether oxygens (including phenoxy) is 1. The van der Waals surface area contributed by atoms with Gasteiger partial charge in [0, 0.05) is 13.2 Å². The smallest absolute Gasteiger partial charge is 0.0637 e. The van der Waals surface area contributed by atoms with Crippen molar-refractivity contribution in [2.24, 2.45) is 0 Å². The van der Waals surface area contributed by atoms with E-state index in [1.807, 2.05) is 13.1 Å². The lowest BCUT2D eigenvalue weighted by atomic mass is 9.96. The average Bonchev–Trinajstić information content (AvgIpc) is 2.12. The molecule has 2 heteroatoms. The van der Waals surface area contributed by atoms with Crippen LogP contribution in [-0.4, -0.2) is 25.8 Å². The van der Waals surface area contributed by atoms with E-state index in [1.54, 1.807) is 7.11 Å². The van der Waals surface area contributed by atoms with Gasteiger partial charge in [-0.1, -0.05) is 6.08 Å². The Bertz CT molecular complexity index is 143. The standard InChI is InChI=1S/C11H23NO/c1-6-7-8-10(12-4)9-11(2,3)13-5/h6,10,12H,1,7-9H2,2-5H3. The van der Waals surface area contributed by atoms with Crippen LogP contribution in [0.4, 0.5) is 0 Å². The Morgan fingerprint density at radius 2 is 2.15 bits per heavy atom. The molecule has 1 atom stereocenters. The van der Waals surface area contributed by atoms with Gasteiger partial charge in [-0.05, 0) is 40.2 Å². The van der Waals surface area contributed by atoms with Crippen molar-refractivity contribution in [3.05, 3.63) is 12.7 Å². The Hall–Kier alpha value is -0.340. The summed E-state index contributed by atoms with van der Waals surface area (Å²) in [5.74, 6) is 0. The highest BCUT2D eigenvalue weighted by Gasteiger charge is 2.21. The SMILES string of the molecule is C=CCCC(CC(C)(C)OC)NC. The maximum absolute atomic E-state index is 5.38. The zero-order chi connectivity index (χ0) is 10.3. The summed E-state index contributed by atoms with van der Waals surface area (Å²) in [5.41, 5.74) is -0.0329. The third kappa shape index (κ3) is 5.83. The lowest BCUT2D eigenvalue weighted by Gasteiger charge is -2.28. The van der Waals surface area contributed by atoms with Crippen molar-refractivity contribution in [2.45, 2.75) is 44.8 Å². The number of hydrogen-bond acceptors (Lipinski definition) is 2. The van der Waals surface area contributed by atoms with E-state index in [4.69, 9.17) is 4.74 Å². The minimum Gasteiger partial charge on any atom is -0.379 e. The van der Waals surface area contributed by atoms with Crippen LogP contribution in [0.25, 0.3) is 0 Å². The summed E-state index contributed by atoms with van der Waals surface area (Å²) in [5, 5.41) is 3.30. The molecule has 0 saturated heterocycles. The van der Waals surface area contributed by atoms with Crippen molar-refractivity contribution in [1.82, 2.24) is 5.32 Å². The molecule has 0 aliphatic rings. The van der Waals surface area contributed by atoms with Crippen molar-refractivity contribution in [2.75, 3.05) is 14.2 Å². The first-order valence-electron chi connectivity index (χ1n) is 4.89. The molecule has 0 saturated carbocycles. The number of nitrogens with one attached hydrogen (secondary N) is 1. The van der Waals surface area contributed by atoms with Gasteiger partial charge in [0.2, 0.25) is 0 Å². The van der Waals surface area contributed by atoms with Crippen molar-refractivity contribution >= 4 is 0 Å². The van der Waals surface area contributed by atoms with Crippen LogP contribution < -0.4 is 5.32 Å². The third-order valence-electron chi connectivity index (χ3n) is 2.42. The fourth-order valence-electron chi connectivity index (χ4n) is 1.34. The van der Waals surface area contributed by atoms with E-state index >= 15 is 0 Å². The van der Waals surface area contributed by atoms with Crippen LogP contribution >= 0.6 is 0 Å². The van der Waals surface area contributed by atoms with Crippen LogP contribution in [0.2, 0.25) is 0 Å². The van der Waals surface area contributed by atoms with E-state index in [2.05, 4.69) is 25.7 Å². The van der Waals surface area contributed by atoms with E-state index in [0.29, 0.717) is 6.04 Å². The minimum atomic E-state index is -0.0329. The second-order valence-electron chi connectivity index (χ2n) is 4.02. The lowest BCUT2D eigenvalue weighted by Crippen LogP contribution is -2.35. The summed E-state index contributed by atoms with van der Waals surface area (Å²) < 4.78 is 5.38. The number of methoxy groups -OCH3 is 1. The molecule has 0 aliphatic carbocycles. The third-order valence-corrected chi connectivity index (χ3v) is 2.42. The fraction of sp³-hybridized carbons (Fsp3) is 0.818. The Morgan fingerprint density at radius 3 is 2.54 bits per heavy atom. The van der Waals surface area contributed by atoms with Crippen LogP contribution in [0.5, 0.6) is 0 Å².